The normalized spacial score (nSPS) is 24.3. The molecule has 0 radical (unpaired) electrons. The van der Waals surface area contributed by atoms with E-state index in [1.165, 1.54) is 16.8 Å². The highest BCUT2D eigenvalue weighted by molar-refractivity contribution is 6.33. The molecule has 0 N–H and O–H groups in total. The summed E-state index contributed by atoms with van der Waals surface area (Å²) in [6.07, 6.45) is 3.87. The highest BCUT2D eigenvalue weighted by Gasteiger charge is 2.34. The minimum absolute atomic E-state index is 0.196. The van der Waals surface area contributed by atoms with Crippen molar-refractivity contribution in [2.24, 2.45) is 0 Å². The monoisotopic (exact) mass is 460 g/mol. The lowest BCUT2D eigenvalue weighted by atomic mass is 9.92. The minimum Gasteiger partial charge on any atom is -0.378 e. The number of fused-ring (bicyclic) bond motifs is 1. The van der Waals surface area contributed by atoms with E-state index in [4.69, 9.17) is 27.9 Å². The van der Waals surface area contributed by atoms with Crippen molar-refractivity contribution in [1.29, 1.82) is 0 Å². The van der Waals surface area contributed by atoms with Gasteiger partial charge in [-0.3, -0.25) is 4.90 Å². The second-order valence-electron chi connectivity index (χ2n) is 8.95. The molecule has 2 aliphatic heterocycles. The third-order valence-electron chi connectivity index (χ3n) is 6.33. The number of halogens is 2. The third kappa shape index (κ3) is 4.47. The first-order valence-electron chi connectivity index (χ1n) is 10.9. The van der Waals surface area contributed by atoms with Gasteiger partial charge in [-0.1, -0.05) is 29.8 Å². The molecule has 5 nitrogen and oxygen atoms in total. The number of benzene rings is 1. The molecule has 7 heteroatoms. The molecule has 1 saturated heterocycles. The molecule has 2 aliphatic rings. The van der Waals surface area contributed by atoms with Crippen molar-refractivity contribution in [3.8, 4) is 11.3 Å². The third-order valence-corrected chi connectivity index (χ3v) is 6.79. The van der Waals surface area contributed by atoms with Crippen LogP contribution in [0.1, 0.15) is 40.2 Å². The molecule has 1 fully saturated rings. The van der Waals surface area contributed by atoms with Crippen molar-refractivity contribution in [2.45, 2.75) is 58.8 Å². The van der Waals surface area contributed by atoms with E-state index in [1.807, 2.05) is 0 Å². The number of morpholine rings is 1. The van der Waals surface area contributed by atoms with Crippen molar-refractivity contribution in [3.63, 3.8) is 0 Å². The predicted molar refractivity (Wildman–Crippen MR) is 129 cm³/mol. The van der Waals surface area contributed by atoms with Crippen molar-refractivity contribution < 1.29 is 4.74 Å². The van der Waals surface area contributed by atoms with Crippen molar-refractivity contribution in [3.05, 3.63) is 45.8 Å². The molecule has 1 unspecified atom stereocenters. The van der Waals surface area contributed by atoms with Gasteiger partial charge in [-0.15, -0.1) is 0 Å². The molecule has 4 rings (SSSR count). The van der Waals surface area contributed by atoms with Crippen LogP contribution in [0.25, 0.3) is 17.3 Å². The van der Waals surface area contributed by atoms with Gasteiger partial charge in [0.05, 0.1) is 36.2 Å². The number of nitrogens with zero attached hydrogens (tertiary/aromatic N) is 4. The van der Waals surface area contributed by atoms with E-state index >= 15 is 0 Å². The molecule has 166 valence electrons. The van der Waals surface area contributed by atoms with E-state index in [0.717, 1.165) is 25.3 Å². The van der Waals surface area contributed by atoms with Crippen LogP contribution in [0.5, 0.6) is 0 Å². The Morgan fingerprint density at radius 2 is 1.87 bits per heavy atom. The van der Waals surface area contributed by atoms with Gasteiger partial charge in [0.1, 0.15) is 0 Å². The quantitative estimate of drug-likeness (QED) is 0.558. The van der Waals surface area contributed by atoms with E-state index in [9.17, 15) is 0 Å². The maximum atomic E-state index is 6.40. The fourth-order valence-corrected chi connectivity index (χ4v) is 5.11. The van der Waals surface area contributed by atoms with Crippen LogP contribution < -0.4 is 4.90 Å². The summed E-state index contributed by atoms with van der Waals surface area (Å²) in [5, 5.41) is 0.692. The second-order valence-corrected chi connectivity index (χ2v) is 9.69. The average Bonchev–Trinajstić information content (AvgIpc) is 2.72. The first kappa shape index (κ1) is 22.5. The molecular weight excluding hydrogens is 431 g/mol. The Morgan fingerprint density at radius 3 is 2.55 bits per heavy atom. The molecule has 31 heavy (non-hydrogen) atoms. The Morgan fingerprint density at radius 1 is 1.16 bits per heavy atom. The number of aromatic nitrogens is 2. The van der Waals surface area contributed by atoms with E-state index < -0.39 is 0 Å². The zero-order valence-electron chi connectivity index (χ0n) is 18.8. The van der Waals surface area contributed by atoms with Crippen LogP contribution in [-0.4, -0.2) is 58.8 Å². The maximum absolute atomic E-state index is 6.40. The van der Waals surface area contributed by atoms with Crippen LogP contribution in [-0.2, 0) is 4.74 Å². The summed E-state index contributed by atoms with van der Waals surface area (Å²) in [6.45, 7) is 13.8. The standard InChI is InChI=1S/C24H30Cl2N4O/c1-14(2)30-21-9-19(23-20(25)10-27-24(26)28-23)7-6-18(21)8-15(3)22(30)11-29-16(4)12-31-13-17(29)5/h6-10,14,16-17,22H,11-13H2,1-5H3/t16-,17-,22?/m0/s1. The Balaban J connectivity index is 1.74. The Labute approximate surface area is 195 Å². The van der Waals surface area contributed by atoms with Gasteiger partial charge in [0.15, 0.2) is 0 Å². The molecule has 0 bridgehead atoms. The lowest BCUT2D eigenvalue weighted by Crippen LogP contribution is -2.56. The van der Waals surface area contributed by atoms with E-state index in [-0.39, 0.29) is 11.3 Å². The van der Waals surface area contributed by atoms with Crippen LogP contribution in [0.2, 0.25) is 10.3 Å². The number of hydrogen-bond donors (Lipinski definition) is 0. The molecule has 0 spiro atoms. The maximum Gasteiger partial charge on any atom is 0.222 e. The fraction of sp³-hybridized carbons (Fsp3) is 0.500. The van der Waals surface area contributed by atoms with Crippen LogP contribution in [0.3, 0.4) is 0 Å². The van der Waals surface area contributed by atoms with Crippen molar-refractivity contribution in [1.82, 2.24) is 14.9 Å². The SMILES string of the molecule is CC1=Cc2ccc(-c3nc(Cl)ncc3Cl)cc2N(C(C)C)C1CN1[C@@H](C)COC[C@@H]1C. The zero-order valence-corrected chi connectivity index (χ0v) is 20.3. The molecule has 3 atom stereocenters. The van der Waals surface area contributed by atoms with E-state index in [1.54, 1.807) is 6.20 Å². The minimum atomic E-state index is 0.196. The molecule has 1 aromatic carbocycles. The summed E-state index contributed by atoms with van der Waals surface area (Å²) in [5.74, 6) is 0. The highest BCUT2D eigenvalue weighted by Crippen LogP contribution is 2.39. The lowest BCUT2D eigenvalue weighted by molar-refractivity contribution is -0.0380. The summed E-state index contributed by atoms with van der Waals surface area (Å²) in [7, 11) is 0. The zero-order chi connectivity index (χ0) is 22.3. The number of anilines is 1. The molecular formula is C24H30Cl2N4O. The summed E-state index contributed by atoms with van der Waals surface area (Å²) >= 11 is 12.4. The van der Waals surface area contributed by atoms with E-state index in [0.29, 0.717) is 28.8 Å². The fourth-order valence-electron chi connectivity index (χ4n) is 4.78. The van der Waals surface area contributed by atoms with Gasteiger partial charge in [-0.05, 0) is 63.4 Å². The van der Waals surface area contributed by atoms with Gasteiger partial charge in [-0.2, -0.15) is 0 Å². The first-order valence-corrected chi connectivity index (χ1v) is 11.6. The molecule has 3 heterocycles. The lowest BCUT2D eigenvalue weighted by Gasteiger charge is -2.47. The molecule has 0 aliphatic carbocycles. The summed E-state index contributed by atoms with van der Waals surface area (Å²) in [4.78, 5) is 13.5. The molecule has 2 aromatic rings. The second kappa shape index (κ2) is 9.07. The van der Waals surface area contributed by atoms with Crippen LogP contribution in [0.15, 0.2) is 30.0 Å². The van der Waals surface area contributed by atoms with Gasteiger partial charge in [0.25, 0.3) is 0 Å². The molecule has 1 aromatic heterocycles. The van der Waals surface area contributed by atoms with Crippen LogP contribution >= 0.6 is 23.2 Å². The predicted octanol–water partition coefficient (Wildman–Crippen LogP) is 5.56. The van der Waals surface area contributed by atoms with Crippen LogP contribution in [0, 0.1) is 0 Å². The highest BCUT2D eigenvalue weighted by atomic mass is 35.5. The Kier molecular flexibility index (Phi) is 6.59. The first-order chi connectivity index (χ1) is 14.8. The largest absolute Gasteiger partial charge is 0.378 e. The number of rotatable bonds is 4. The van der Waals surface area contributed by atoms with Gasteiger partial charge in [-0.25, -0.2) is 9.97 Å². The summed E-state index contributed by atoms with van der Waals surface area (Å²) in [6, 6.07) is 7.81. The van der Waals surface area contributed by atoms with Gasteiger partial charge in [0, 0.05) is 35.9 Å². The number of hydrogen-bond acceptors (Lipinski definition) is 5. The topological polar surface area (TPSA) is 41.5 Å². The van der Waals surface area contributed by atoms with Gasteiger partial charge < -0.3 is 9.64 Å². The number of ether oxygens (including phenoxy) is 1. The van der Waals surface area contributed by atoms with Crippen LogP contribution in [0.4, 0.5) is 5.69 Å². The van der Waals surface area contributed by atoms with Crippen molar-refractivity contribution >= 4 is 35.0 Å². The molecule has 0 amide bonds. The van der Waals surface area contributed by atoms with Gasteiger partial charge in [0.2, 0.25) is 5.28 Å². The summed E-state index contributed by atoms with van der Waals surface area (Å²) in [5.41, 5.74) is 5.39. The Hall–Kier alpha value is -1.66. The van der Waals surface area contributed by atoms with Crippen molar-refractivity contribution in [2.75, 3.05) is 24.7 Å². The average molecular weight is 461 g/mol. The van der Waals surface area contributed by atoms with E-state index in [2.05, 4.69) is 78.7 Å². The Bertz CT molecular complexity index is 984. The van der Waals surface area contributed by atoms with Gasteiger partial charge >= 0.3 is 0 Å². The molecule has 0 saturated carbocycles. The summed E-state index contributed by atoms with van der Waals surface area (Å²) < 4.78 is 5.75. The smallest absolute Gasteiger partial charge is 0.222 e.